The van der Waals surface area contributed by atoms with Crippen LogP contribution in [0.15, 0.2) is 41.8 Å². The zero-order valence-corrected chi connectivity index (χ0v) is 15.4. The van der Waals surface area contributed by atoms with E-state index in [2.05, 4.69) is 59.1 Å². The van der Waals surface area contributed by atoms with Crippen LogP contribution in [0, 0.1) is 0 Å². The molecule has 0 bridgehead atoms. The summed E-state index contributed by atoms with van der Waals surface area (Å²) >= 11 is 1.87. The van der Waals surface area contributed by atoms with Crippen LogP contribution in [0.4, 0.5) is 0 Å². The molecule has 1 aliphatic carbocycles. The van der Waals surface area contributed by atoms with E-state index in [-0.39, 0.29) is 11.1 Å². The van der Waals surface area contributed by atoms with Crippen LogP contribution in [0.3, 0.4) is 0 Å². The van der Waals surface area contributed by atoms with E-state index >= 15 is 0 Å². The summed E-state index contributed by atoms with van der Waals surface area (Å²) in [6.07, 6.45) is 5.36. The minimum Gasteiger partial charge on any atom is -0.368 e. The van der Waals surface area contributed by atoms with Gasteiger partial charge in [-0.25, -0.2) is 0 Å². The summed E-state index contributed by atoms with van der Waals surface area (Å²) in [5.74, 6) is 0. The first-order valence-corrected chi connectivity index (χ1v) is 10.1. The van der Waals surface area contributed by atoms with E-state index in [9.17, 15) is 0 Å². The molecular weight excluding hydrogens is 328 g/mol. The molecule has 2 aromatic heterocycles. The Morgan fingerprint density at radius 1 is 1.08 bits per heavy atom. The lowest BCUT2D eigenvalue weighted by Crippen LogP contribution is -2.49. The highest BCUT2D eigenvalue weighted by atomic mass is 32.1. The largest absolute Gasteiger partial charge is 0.368 e. The zero-order chi connectivity index (χ0) is 16.9. The predicted octanol–water partition coefficient (Wildman–Crippen LogP) is 4.69. The molecule has 1 saturated carbocycles. The Bertz CT molecular complexity index is 888. The topological polar surface area (TPSA) is 37.0 Å². The quantitative estimate of drug-likeness (QED) is 0.702. The number of benzene rings is 1. The van der Waals surface area contributed by atoms with Crippen molar-refractivity contribution in [3.63, 3.8) is 0 Å². The Kier molecular flexibility index (Phi) is 3.56. The lowest BCUT2D eigenvalue weighted by molar-refractivity contribution is -0.101. The van der Waals surface area contributed by atoms with Crippen LogP contribution in [0.25, 0.3) is 10.9 Å². The first kappa shape index (κ1) is 15.6. The highest BCUT2D eigenvalue weighted by Crippen LogP contribution is 2.51. The third-order valence-corrected chi connectivity index (χ3v) is 7.46. The molecule has 3 nitrogen and oxygen atoms in total. The van der Waals surface area contributed by atoms with Gasteiger partial charge in [0, 0.05) is 15.8 Å². The number of hydrogen-bond acceptors (Lipinski definition) is 3. The van der Waals surface area contributed by atoms with Gasteiger partial charge in [0.15, 0.2) is 0 Å². The van der Waals surface area contributed by atoms with Gasteiger partial charge in [0.25, 0.3) is 0 Å². The summed E-state index contributed by atoms with van der Waals surface area (Å²) in [7, 11) is 2.10. The fourth-order valence-corrected chi connectivity index (χ4v) is 5.91. The van der Waals surface area contributed by atoms with Crippen LogP contribution in [0.2, 0.25) is 0 Å². The van der Waals surface area contributed by atoms with E-state index in [1.54, 1.807) is 0 Å². The number of ether oxygens (including phenoxy) is 1. The number of fused-ring (bicyclic) bond motifs is 4. The minimum atomic E-state index is -0.135. The van der Waals surface area contributed by atoms with Gasteiger partial charge in [0.1, 0.15) is 5.60 Å². The fourth-order valence-electron chi connectivity index (χ4n) is 4.91. The number of thiophene rings is 1. The first-order valence-electron chi connectivity index (χ1n) is 9.23. The molecule has 0 saturated heterocycles. The molecule has 0 amide bonds. The van der Waals surface area contributed by atoms with Gasteiger partial charge < -0.3 is 15.0 Å². The van der Waals surface area contributed by atoms with E-state index in [0.29, 0.717) is 0 Å². The average Bonchev–Trinajstić information content (AvgIpc) is 3.32. The molecule has 2 N–H and O–H groups in total. The van der Waals surface area contributed by atoms with Crippen LogP contribution in [0.5, 0.6) is 0 Å². The minimum absolute atomic E-state index is 0.104. The molecule has 1 fully saturated rings. The number of hydrogen-bond donors (Lipinski definition) is 2. The van der Waals surface area contributed by atoms with E-state index < -0.39 is 0 Å². The molecule has 1 aromatic carbocycles. The summed E-state index contributed by atoms with van der Waals surface area (Å²) < 4.78 is 6.46. The highest BCUT2D eigenvalue weighted by molar-refractivity contribution is 7.10. The molecular formula is C21H24N2OS. The van der Waals surface area contributed by atoms with Crippen molar-refractivity contribution in [3.8, 4) is 0 Å². The van der Waals surface area contributed by atoms with E-state index in [1.165, 1.54) is 27.0 Å². The maximum Gasteiger partial charge on any atom is 0.108 e. The van der Waals surface area contributed by atoms with Crippen LogP contribution in [-0.4, -0.2) is 18.6 Å². The van der Waals surface area contributed by atoms with Gasteiger partial charge >= 0.3 is 0 Å². The number of para-hydroxylation sites is 1. The lowest BCUT2D eigenvalue weighted by atomic mass is 9.70. The SMILES string of the molecule is CNC1(c2cccs2)CCC2(CC1)OCCc1c2[nH]c2ccccc12. The summed E-state index contributed by atoms with van der Waals surface area (Å²) in [4.78, 5) is 5.17. The molecule has 2 aliphatic rings. The van der Waals surface area contributed by atoms with E-state index in [0.717, 1.165) is 38.7 Å². The second kappa shape index (κ2) is 5.70. The van der Waals surface area contributed by atoms with Crippen molar-refractivity contribution in [1.29, 1.82) is 0 Å². The number of rotatable bonds is 2. The molecule has 0 atom stereocenters. The first-order chi connectivity index (χ1) is 12.3. The lowest BCUT2D eigenvalue weighted by Gasteiger charge is -2.47. The second-order valence-electron chi connectivity index (χ2n) is 7.43. The smallest absolute Gasteiger partial charge is 0.108 e. The van der Waals surface area contributed by atoms with Gasteiger partial charge in [0.05, 0.1) is 17.8 Å². The van der Waals surface area contributed by atoms with Crippen molar-refractivity contribution in [2.45, 2.75) is 43.2 Å². The standard InChI is InChI=1S/C21H24N2OS/c1-22-20(18-7-4-14-25-18)9-11-21(12-10-20)19-16(8-13-24-21)15-5-2-3-6-17(15)23-19/h2-7,14,22-23H,8-13H2,1H3. The molecule has 5 rings (SSSR count). The normalized spacial score (nSPS) is 29.2. The van der Waals surface area contributed by atoms with Crippen molar-refractivity contribution < 1.29 is 4.74 Å². The van der Waals surface area contributed by atoms with Gasteiger partial charge in [0.2, 0.25) is 0 Å². The van der Waals surface area contributed by atoms with E-state index in [1.807, 2.05) is 11.3 Å². The molecule has 25 heavy (non-hydrogen) atoms. The fraction of sp³-hybridized carbons (Fsp3) is 0.429. The van der Waals surface area contributed by atoms with Crippen LogP contribution in [-0.2, 0) is 22.3 Å². The summed E-state index contributed by atoms with van der Waals surface area (Å²) in [5.41, 5.74) is 4.04. The molecule has 1 spiro atoms. The van der Waals surface area contributed by atoms with Gasteiger partial charge in [-0.1, -0.05) is 24.3 Å². The maximum absolute atomic E-state index is 6.46. The van der Waals surface area contributed by atoms with E-state index in [4.69, 9.17) is 4.74 Å². The number of aromatic nitrogens is 1. The van der Waals surface area contributed by atoms with Gasteiger partial charge in [-0.3, -0.25) is 0 Å². The summed E-state index contributed by atoms with van der Waals surface area (Å²) in [5, 5.41) is 7.20. The Morgan fingerprint density at radius 3 is 2.68 bits per heavy atom. The Hall–Kier alpha value is -1.62. The summed E-state index contributed by atoms with van der Waals surface area (Å²) in [6.45, 7) is 0.834. The Morgan fingerprint density at radius 2 is 1.92 bits per heavy atom. The summed E-state index contributed by atoms with van der Waals surface area (Å²) in [6, 6.07) is 13.1. The number of nitrogens with one attached hydrogen (secondary N) is 2. The third kappa shape index (κ3) is 2.24. The van der Waals surface area contributed by atoms with Crippen LogP contribution >= 0.6 is 11.3 Å². The monoisotopic (exact) mass is 352 g/mol. The van der Waals surface area contributed by atoms with Crippen molar-refractivity contribution in [2.24, 2.45) is 0 Å². The van der Waals surface area contributed by atoms with Crippen LogP contribution < -0.4 is 5.32 Å². The molecule has 130 valence electrons. The molecule has 1 aliphatic heterocycles. The molecule has 3 aromatic rings. The maximum atomic E-state index is 6.46. The predicted molar refractivity (Wildman–Crippen MR) is 103 cm³/mol. The van der Waals surface area contributed by atoms with Crippen molar-refractivity contribution in [1.82, 2.24) is 10.3 Å². The van der Waals surface area contributed by atoms with Gasteiger partial charge in [-0.2, -0.15) is 0 Å². The van der Waals surface area contributed by atoms with Gasteiger partial charge in [-0.15, -0.1) is 11.3 Å². The second-order valence-corrected chi connectivity index (χ2v) is 8.37. The van der Waals surface area contributed by atoms with Gasteiger partial charge in [-0.05, 0) is 62.2 Å². The van der Waals surface area contributed by atoms with Crippen molar-refractivity contribution in [2.75, 3.05) is 13.7 Å². The molecule has 0 unspecified atom stereocenters. The zero-order valence-electron chi connectivity index (χ0n) is 14.6. The third-order valence-electron chi connectivity index (χ3n) is 6.38. The van der Waals surface area contributed by atoms with Crippen molar-refractivity contribution >= 4 is 22.2 Å². The number of H-pyrrole nitrogens is 1. The molecule has 4 heteroatoms. The molecule has 0 radical (unpaired) electrons. The Balaban J connectivity index is 1.53. The van der Waals surface area contributed by atoms with Crippen molar-refractivity contribution in [3.05, 3.63) is 57.9 Å². The van der Waals surface area contributed by atoms with Crippen LogP contribution in [0.1, 0.15) is 41.8 Å². The number of aromatic amines is 1. The average molecular weight is 353 g/mol. The highest BCUT2D eigenvalue weighted by Gasteiger charge is 2.48. The molecule has 3 heterocycles. The Labute approximate surface area is 152 Å².